The molecule has 0 atom stereocenters. The fourth-order valence-electron chi connectivity index (χ4n) is 3.20. The molecule has 3 aromatic rings. The van der Waals surface area contributed by atoms with Gasteiger partial charge in [0.05, 0.1) is 11.0 Å². The molecule has 0 bridgehead atoms. The van der Waals surface area contributed by atoms with Crippen molar-refractivity contribution in [2.24, 2.45) is 0 Å². The molecule has 1 N–H and O–H groups in total. The number of benzene rings is 2. The molecular weight excluding hydrogens is 322 g/mol. The Labute approximate surface area is 145 Å². The van der Waals surface area contributed by atoms with E-state index in [1.54, 1.807) is 0 Å². The number of hydrogen-bond donors (Lipinski definition) is 1. The largest absolute Gasteiger partial charge is 0.348 e. The minimum absolute atomic E-state index is 0.0854. The lowest BCUT2D eigenvalue weighted by Gasteiger charge is -2.13. The highest BCUT2D eigenvalue weighted by Crippen LogP contribution is 2.23. The summed E-state index contributed by atoms with van der Waals surface area (Å²) in [7, 11) is 0. The van der Waals surface area contributed by atoms with Gasteiger partial charge in [0.2, 0.25) is 0 Å². The summed E-state index contributed by atoms with van der Waals surface area (Å²) in [6.07, 6.45) is 3.41. The number of aromatic nitrogens is 2. The SMILES string of the molecule is O=C(NCc1ccc(Cl)cc1)c1ccc2c(c1)nc1n2CCCC1. The zero-order valence-electron chi connectivity index (χ0n) is 13.3. The van der Waals surface area contributed by atoms with Crippen molar-refractivity contribution in [1.82, 2.24) is 14.9 Å². The van der Waals surface area contributed by atoms with Gasteiger partial charge in [0, 0.05) is 30.1 Å². The molecule has 0 saturated carbocycles. The quantitative estimate of drug-likeness (QED) is 0.785. The lowest BCUT2D eigenvalue weighted by Crippen LogP contribution is -2.22. The molecule has 1 amide bonds. The van der Waals surface area contributed by atoms with Crippen molar-refractivity contribution in [1.29, 1.82) is 0 Å². The van der Waals surface area contributed by atoms with Crippen molar-refractivity contribution in [2.45, 2.75) is 32.4 Å². The summed E-state index contributed by atoms with van der Waals surface area (Å²) >= 11 is 5.87. The van der Waals surface area contributed by atoms with Crippen molar-refractivity contribution in [3.8, 4) is 0 Å². The summed E-state index contributed by atoms with van der Waals surface area (Å²) in [6, 6.07) is 13.2. The maximum Gasteiger partial charge on any atom is 0.251 e. The van der Waals surface area contributed by atoms with Gasteiger partial charge in [-0.25, -0.2) is 4.98 Å². The molecule has 24 heavy (non-hydrogen) atoms. The summed E-state index contributed by atoms with van der Waals surface area (Å²) in [6.45, 7) is 1.50. The van der Waals surface area contributed by atoms with Crippen LogP contribution in [-0.2, 0) is 19.5 Å². The Kier molecular flexibility index (Phi) is 3.98. The molecule has 0 aliphatic carbocycles. The van der Waals surface area contributed by atoms with E-state index < -0.39 is 0 Å². The van der Waals surface area contributed by atoms with E-state index in [1.165, 1.54) is 12.8 Å². The number of nitrogens with one attached hydrogen (secondary N) is 1. The molecule has 0 radical (unpaired) electrons. The first kappa shape index (κ1) is 15.2. The van der Waals surface area contributed by atoms with Gasteiger partial charge in [-0.15, -0.1) is 0 Å². The van der Waals surface area contributed by atoms with Gasteiger partial charge in [0.1, 0.15) is 5.82 Å². The Bertz CT molecular complexity index is 899. The van der Waals surface area contributed by atoms with E-state index in [0.29, 0.717) is 17.1 Å². The van der Waals surface area contributed by atoms with Crippen LogP contribution >= 0.6 is 11.6 Å². The second kappa shape index (κ2) is 6.29. The number of carbonyl (C=O) groups excluding carboxylic acids is 1. The van der Waals surface area contributed by atoms with Crippen LogP contribution in [0, 0.1) is 0 Å². The molecule has 0 fully saturated rings. The van der Waals surface area contributed by atoms with Crippen LogP contribution in [0.3, 0.4) is 0 Å². The van der Waals surface area contributed by atoms with E-state index in [0.717, 1.165) is 35.4 Å². The molecule has 122 valence electrons. The van der Waals surface area contributed by atoms with E-state index in [1.807, 2.05) is 42.5 Å². The monoisotopic (exact) mass is 339 g/mol. The molecule has 0 saturated heterocycles. The van der Waals surface area contributed by atoms with Crippen LogP contribution in [0.4, 0.5) is 0 Å². The Morgan fingerprint density at radius 3 is 2.83 bits per heavy atom. The number of imidazole rings is 1. The third-order valence-corrected chi connectivity index (χ3v) is 4.74. The van der Waals surface area contributed by atoms with Gasteiger partial charge >= 0.3 is 0 Å². The third-order valence-electron chi connectivity index (χ3n) is 4.49. The minimum atomic E-state index is -0.0854. The molecule has 4 nitrogen and oxygen atoms in total. The van der Waals surface area contributed by atoms with Crippen LogP contribution < -0.4 is 5.32 Å². The van der Waals surface area contributed by atoms with Crippen LogP contribution in [0.5, 0.6) is 0 Å². The third kappa shape index (κ3) is 2.89. The number of carbonyl (C=O) groups is 1. The number of nitrogens with zero attached hydrogens (tertiary/aromatic N) is 2. The van der Waals surface area contributed by atoms with E-state index in [2.05, 4.69) is 9.88 Å². The van der Waals surface area contributed by atoms with Crippen LogP contribution in [-0.4, -0.2) is 15.5 Å². The summed E-state index contributed by atoms with van der Waals surface area (Å²) in [4.78, 5) is 17.1. The zero-order valence-corrected chi connectivity index (χ0v) is 14.0. The number of rotatable bonds is 3. The van der Waals surface area contributed by atoms with Gasteiger partial charge in [-0.3, -0.25) is 4.79 Å². The van der Waals surface area contributed by atoms with E-state index in [-0.39, 0.29) is 5.91 Å². The average molecular weight is 340 g/mol. The normalized spacial score (nSPS) is 13.7. The molecule has 4 rings (SSSR count). The second-order valence-corrected chi connectivity index (χ2v) is 6.59. The van der Waals surface area contributed by atoms with Gasteiger partial charge in [-0.1, -0.05) is 23.7 Å². The molecule has 1 aliphatic heterocycles. The Balaban J connectivity index is 1.52. The molecule has 0 unspecified atom stereocenters. The molecule has 2 aromatic carbocycles. The maximum atomic E-state index is 12.4. The Morgan fingerprint density at radius 2 is 2.00 bits per heavy atom. The average Bonchev–Trinajstić information content (AvgIpc) is 2.98. The lowest BCUT2D eigenvalue weighted by molar-refractivity contribution is 0.0951. The molecule has 0 spiro atoms. The number of aryl methyl sites for hydroxylation is 2. The highest BCUT2D eigenvalue weighted by molar-refractivity contribution is 6.30. The number of hydrogen-bond acceptors (Lipinski definition) is 2. The first-order valence-electron chi connectivity index (χ1n) is 8.22. The fraction of sp³-hybridized carbons (Fsp3) is 0.263. The van der Waals surface area contributed by atoms with Gasteiger partial charge < -0.3 is 9.88 Å². The van der Waals surface area contributed by atoms with Gasteiger partial charge in [-0.05, 0) is 48.7 Å². The summed E-state index contributed by atoms with van der Waals surface area (Å²) < 4.78 is 2.27. The fourth-order valence-corrected chi connectivity index (χ4v) is 3.33. The Hall–Kier alpha value is -2.33. The van der Waals surface area contributed by atoms with Crippen LogP contribution in [0.1, 0.15) is 34.6 Å². The zero-order chi connectivity index (χ0) is 16.5. The van der Waals surface area contributed by atoms with Crippen molar-refractivity contribution >= 4 is 28.5 Å². The smallest absolute Gasteiger partial charge is 0.251 e. The molecule has 1 aliphatic rings. The number of fused-ring (bicyclic) bond motifs is 3. The summed E-state index contributed by atoms with van der Waals surface area (Å²) in [5, 5.41) is 3.64. The van der Waals surface area contributed by atoms with E-state index in [9.17, 15) is 4.79 Å². The maximum absolute atomic E-state index is 12.4. The highest BCUT2D eigenvalue weighted by atomic mass is 35.5. The van der Waals surface area contributed by atoms with Crippen molar-refractivity contribution in [3.63, 3.8) is 0 Å². The van der Waals surface area contributed by atoms with Gasteiger partial charge in [-0.2, -0.15) is 0 Å². The first-order valence-corrected chi connectivity index (χ1v) is 8.60. The number of amides is 1. The summed E-state index contributed by atoms with van der Waals surface area (Å²) in [5.74, 6) is 1.05. The molecule has 1 aromatic heterocycles. The van der Waals surface area contributed by atoms with Crippen LogP contribution in [0.2, 0.25) is 5.02 Å². The van der Waals surface area contributed by atoms with Gasteiger partial charge in [0.15, 0.2) is 0 Å². The Morgan fingerprint density at radius 1 is 1.17 bits per heavy atom. The van der Waals surface area contributed by atoms with E-state index >= 15 is 0 Å². The summed E-state index contributed by atoms with van der Waals surface area (Å²) in [5.41, 5.74) is 3.70. The van der Waals surface area contributed by atoms with Crippen molar-refractivity contribution < 1.29 is 4.79 Å². The highest BCUT2D eigenvalue weighted by Gasteiger charge is 2.16. The van der Waals surface area contributed by atoms with Crippen LogP contribution in [0.15, 0.2) is 42.5 Å². The van der Waals surface area contributed by atoms with Gasteiger partial charge in [0.25, 0.3) is 5.91 Å². The van der Waals surface area contributed by atoms with Crippen LogP contribution in [0.25, 0.3) is 11.0 Å². The predicted molar refractivity (Wildman–Crippen MR) is 95.3 cm³/mol. The molecule has 2 heterocycles. The molecular formula is C19H18ClN3O. The first-order chi connectivity index (χ1) is 11.7. The second-order valence-electron chi connectivity index (χ2n) is 6.15. The van der Waals surface area contributed by atoms with Crippen molar-refractivity contribution in [2.75, 3.05) is 0 Å². The molecule has 5 heteroatoms. The predicted octanol–water partition coefficient (Wildman–Crippen LogP) is 3.96. The lowest BCUT2D eigenvalue weighted by atomic mass is 10.1. The standard InChI is InChI=1S/C19H18ClN3O/c20-15-7-4-13(5-8-15)12-21-19(24)14-6-9-17-16(11-14)22-18-3-1-2-10-23(17)18/h4-9,11H,1-3,10,12H2,(H,21,24). The topological polar surface area (TPSA) is 46.9 Å². The van der Waals surface area contributed by atoms with E-state index in [4.69, 9.17) is 16.6 Å². The minimum Gasteiger partial charge on any atom is -0.348 e. The van der Waals surface area contributed by atoms with Crippen molar-refractivity contribution in [3.05, 3.63) is 64.4 Å². The number of halogens is 1.